The molecule has 1 fully saturated rings. The van der Waals surface area contributed by atoms with Crippen molar-refractivity contribution in [3.05, 3.63) is 33.6 Å². The Morgan fingerprint density at radius 1 is 1.29 bits per heavy atom. The predicted octanol–water partition coefficient (Wildman–Crippen LogP) is 3.97. The molecule has 0 heterocycles. The summed E-state index contributed by atoms with van der Waals surface area (Å²) in [5, 5.41) is 12.1. The minimum absolute atomic E-state index is 0.0285. The SMILES string of the molecule is CC1=CC2CCC3C(SOOO)=CC(S(=O)(=O)O)=CC3C2C1(C)C. The molecule has 0 radical (unpaired) electrons. The Morgan fingerprint density at radius 2 is 2.00 bits per heavy atom. The van der Waals surface area contributed by atoms with Crippen molar-refractivity contribution in [3.8, 4) is 0 Å². The van der Waals surface area contributed by atoms with E-state index >= 15 is 0 Å². The highest BCUT2D eigenvalue weighted by Crippen LogP contribution is 2.59. The fourth-order valence-electron chi connectivity index (χ4n) is 4.62. The maximum absolute atomic E-state index is 11.7. The van der Waals surface area contributed by atoms with Gasteiger partial charge < -0.3 is 0 Å². The molecule has 1 saturated carbocycles. The first kappa shape index (κ1) is 18.2. The molecule has 0 aromatic heterocycles. The van der Waals surface area contributed by atoms with Gasteiger partial charge in [-0.05, 0) is 54.9 Å². The van der Waals surface area contributed by atoms with Gasteiger partial charge in [-0.25, -0.2) is 5.26 Å². The van der Waals surface area contributed by atoms with Crippen LogP contribution in [0.2, 0.25) is 0 Å². The average Bonchev–Trinajstić information content (AvgIpc) is 2.73. The van der Waals surface area contributed by atoms with Gasteiger partial charge in [-0.1, -0.05) is 36.6 Å². The third-order valence-corrected chi connectivity index (χ3v) is 7.52. The minimum atomic E-state index is -4.32. The summed E-state index contributed by atoms with van der Waals surface area (Å²) in [6.07, 6.45) is 7.30. The van der Waals surface area contributed by atoms with Gasteiger partial charge in [0, 0.05) is 4.91 Å². The fraction of sp³-hybridized carbons (Fsp3) is 0.625. The van der Waals surface area contributed by atoms with Crippen LogP contribution in [0.1, 0.15) is 33.6 Å². The monoisotopic (exact) mass is 374 g/mol. The lowest BCUT2D eigenvalue weighted by molar-refractivity contribution is -0.431. The Hall–Kier alpha value is -0.640. The predicted molar refractivity (Wildman–Crippen MR) is 90.8 cm³/mol. The van der Waals surface area contributed by atoms with E-state index in [4.69, 9.17) is 5.26 Å². The number of fused-ring (bicyclic) bond motifs is 3. The molecule has 134 valence electrons. The van der Waals surface area contributed by atoms with Crippen LogP contribution >= 0.6 is 12.0 Å². The highest BCUT2D eigenvalue weighted by atomic mass is 32.2. The standard InChI is InChI=1S/C16H22O6S2/c1-9-6-10-4-5-12-13(15(10)16(9,2)3)7-11(24(18,19)20)8-14(12)23-22-21-17/h6-8,10,12-13,15,17H,4-5H2,1-3H3,(H,18,19,20). The molecule has 24 heavy (non-hydrogen) atoms. The van der Waals surface area contributed by atoms with Crippen LogP contribution in [-0.4, -0.2) is 18.2 Å². The number of allylic oxidation sites excluding steroid dienone is 5. The van der Waals surface area contributed by atoms with Gasteiger partial charge in [-0.2, -0.15) is 8.42 Å². The normalized spacial score (nSPS) is 34.8. The van der Waals surface area contributed by atoms with E-state index in [1.165, 1.54) is 11.6 Å². The molecule has 0 spiro atoms. The van der Waals surface area contributed by atoms with E-state index in [1.807, 2.05) is 0 Å². The van der Waals surface area contributed by atoms with E-state index in [9.17, 15) is 13.0 Å². The lowest BCUT2D eigenvalue weighted by atomic mass is 9.59. The minimum Gasteiger partial charge on any atom is -0.282 e. The molecule has 0 saturated heterocycles. The molecule has 3 rings (SSSR count). The van der Waals surface area contributed by atoms with E-state index in [0.29, 0.717) is 10.8 Å². The van der Waals surface area contributed by atoms with Crippen LogP contribution in [0.4, 0.5) is 0 Å². The molecule has 0 bridgehead atoms. The first-order valence-corrected chi connectivity index (χ1v) is 10.1. The molecule has 6 nitrogen and oxygen atoms in total. The zero-order valence-electron chi connectivity index (χ0n) is 13.8. The second kappa shape index (κ2) is 6.26. The third-order valence-electron chi connectivity index (χ3n) is 5.93. The lowest BCUT2D eigenvalue weighted by Crippen LogP contribution is -2.40. The number of rotatable bonds is 4. The molecule has 8 heteroatoms. The van der Waals surface area contributed by atoms with Crippen LogP contribution in [0.25, 0.3) is 0 Å². The second-order valence-corrected chi connectivity index (χ2v) is 9.53. The molecule has 2 N–H and O–H groups in total. The van der Waals surface area contributed by atoms with E-state index in [-0.39, 0.29) is 28.1 Å². The summed E-state index contributed by atoms with van der Waals surface area (Å²) in [5.74, 6) is 0.710. The molecule has 4 atom stereocenters. The Morgan fingerprint density at radius 3 is 2.62 bits per heavy atom. The zero-order chi connectivity index (χ0) is 17.7. The van der Waals surface area contributed by atoms with Crippen LogP contribution in [0.15, 0.2) is 33.6 Å². The van der Waals surface area contributed by atoms with Gasteiger partial charge in [0.05, 0.1) is 16.9 Å². The van der Waals surface area contributed by atoms with Gasteiger partial charge in [0.15, 0.2) is 0 Å². The van der Waals surface area contributed by atoms with E-state index in [0.717, 1.165) is 24.9 Å². The van der Waals surface area contributed by atoms with Gasteiger partial charge in [0.1, 0.15) is 0 Å². The lowest BCUT2D eigenvalue weighted by Gasteiger charge is -2.46. The summed E-state index contributed by atoms with van der Waals surface area (Å²) in [6, 6.07) is 0. The van der Waals surface area contributed by atoms with Gasteiger partial charge in [0.2, 0.25) is 0 Å². The van der Waals surface area contributed by atoms with Crippen molar-refractivity contribution in [2.24, 2.45) is 29.1 Å². The van der Waals surface area contributed by atoms with E-state index in [2.05, 4.69) is 36.2 Å². The summed E-state index contributed by atoms with van der Waals surface area (Å²) < 4.78 is 37.5. The van der Waals surface area contributed by atoms with Crippen molar-refractivity contribution >= 4 is 22.2 Å². The summed E-state index contributed by atoms with van der Waals surface area (Å²) in [7, 11) is -4.32. The Bertz CT molecular complexity index is 719. The van der Waals surface area contributed by atoms with Crippen LogP contribution < -0.4 is 0 Å². The van der Waals surface area contributed by atoms with Crippen molar-refractivity contribution in [1.82, 2.24) is 0 Å². The molecular weight excluding hydrogens is 352 g/mol. The van der Waals surface area contributed by atoms with Crippen molar-refractivity contribution < 1.29 is 27.6 Å². The average molecular weight is 374 g/mol. The summed E-state index contributed by atoms with van der Waals surface area (Å²) in [6.45, 7) is 6.49. The first-order valence-electron chi connectivity index (χ1n) is 7.91. The summed E-state index contributed by atoms with van der Waals surface area (Å²) >= 11 is 0.794. The maximum atomic E-state index is 11.7. The maximum Gasteiger partial charge on any atom is 0.294 e. The van der Waals surface area contributed by atoms with Gasteiger partial charge in [-0.3, -0.25) is 4.55 Å². The zero-order valence-corrected chi connectivity index (χ0v) is 15.4. The van der Waals surface area contributed by atoms with Crippen LogP contribution in [0, 0.1) is 29.1 Å². The number of hydrogen-bond donors (Lipinski definition) is 2. The Labute approximate surface area is 146 Å². The summed E-state index contributed by atoms with van der Waals surface area (Å²) in [5.41, 5.74) is 1.27. The van der Waals surface area contributed by atoms with Gasteiger partial charge in [-0.15, -0.1) is 4.33 Å². The molecular formula is C16H22O6S2. The molecule has 0 aromatic carbocycles. The molecule has 0 aliphatic heterocycles. The van der Waals surface area contributed by atoms with Gasteiger partial charge >= 0.3 is 0 Å². The topological polar surface area (TPSA) is 93.1 Å². The molecule has 3 aliphatic rings. The third kappa shape index (κ3) is 3.00. The van der Waals surface area contributed by atoms with E-state index < -0.39 is 10.1 Å². The molecule has 0 amide bonds. The highest BCUT2D eigenvalue weighted by molar-refractivity contribution is 7.98. The van der Waals surface area contributed by atoms with Crippen LogP contribution in [-0.2, 0) is 19.5 Å². The highest BCUT2D eigenvalue weighted by Gasteiger charge is 2.51. The van der Waals surface area contributed by atoms with Crippen LogP contribution in [0.5, 0.6) is 0 Å². The second-order valence-electron chi connectivity index (χ2n) is 7.34. The van der Waals surface area contributed by atoms with Crippen molar-refractivity contribution in [2.45, 2.75) is 33.6 Å². The van der Waals surface area contributed by atoms with Crippen molar-refractivity contribution in [1.29, 1.82) is 0 Å². The molecule has 4 unspecified atom stereocenters. The Balaban J connectivity index is 2.03. The number of hydrogen-bond acceptors (Lipinski definition) is 6. The van der Waals surface area contributed by atoms with Gasteiger partial charge in [0.25, 0.3) is 10.1 Å². The van der Waals surface area contributed by atoms with E-state index in [1.54, 1.807) is 6.08 Å². The fourth-order valence-corrected chi connectivity index (χ4v) is 5.98. The molecule has 0 aromatic rings. The Kier molecular flexibility index (Phi) is 4.74. The smallest absolute Gasteiger partial charge is 0.282 e. The summed E-state index contributed by atoms with van der Waals surface area (Å²) in [4.78, 5) is 0.525. The van der Waals surface area contributed by atoms with Crippen LogP contribution in [0.3, 0.4) is 0 Å². The van der Waals surface area contributed by atoms with Crippen molar-refractivity contribution in [2.75, 3.05) is 0 Å². The first-order chi connectivity index (χ1) is 11.2. The van der Waals surface area contributed by atoms with Crippen molar-refractivity contribution in [3.63, 3.8) is 0 Å². The largest absolute Gasteiger partial charge is 0.294 e. The quantitative estimate of drug-likeness (QED) is 0.253. The molecule has 3 aliphatic carbocycles.